The lowest BCUT2D eigenvalue weighted by Gasteiger charge is -2.38. The van der Waals surface area contributed by atoms with E-state index >= 15 is 0 Å². The van der Waals surface area contributed by atoms with Gasteiger partial charge in [0.25, 0.3) is 5.91 Å². The number of furan rings is 1. The molecule has 0 N–H and O–H groups in total. The van der Waals surface area contributed by atoms with Crippen LogP contribution in [0, 0.1) is 5.82 Å². The van der Waals surface area contributed by atoms with Gasteiger partial charge >= 0.3 is 0 Å². The van der Waals surface area contributed by atoms with Gasteiger partial charge in [-0.1, -0.05) is 12.1 Å². The Labute approximate surface area is 127 Å². The highest BCUT2D eigenvalue weighted by molar-refractivity contribution is 7.91. The molecule has 1 aliphatic rings. The van der Waals surface area contributed by atoms with E-state index in [1.165, 1.54) is 29.4 Å². The maximum Gasteiger partial charge on any atom is 0.256 e. The number of amides is 1. The van der Waals surface area contributed by atoms with Gasteiger partial charge in [0.1, 0.15) is 17.3 Å². The number of benzene rings is 1. The van der Waals surface area contributed by atoms with Gasteiger partial charge in [-0.2, -0.15) is 0 Å². The molecule has 0 radical (unpaired) electrons. The molecule has 0 atom stereocenters. The lowest BCUT2D eigenvalue weighted by atomic mass is 10.1. The van der Waals surface area contributed by atoms with E-state index in [0.29, 0.717) is 5.76 Å². The summed E-state index contributed by atoms with van der Waals surface area (Å²) < 4.78 is 43.0. The first-order chi connectivity index (χ1) is 10.5. The predicted molar refractivity (Wildman–Crippen MR) is 77.4 cm³/mol. The zero-order valence-electron chi connectivity index (χ0n) is 11.6. The molecule has 22 heavy (non-hydrogen) atoms. The van der Waals surface area contributed by atoms with Gasteiger partial charge in [-0.25, -0.2) is 12.8 Å². The molecule has 1 amide bonds. The Morgan fingerprint density at radius 3 is 2.59 bits per heavy atom. The average molecular weight is 323 g/mol. The van der Waals surface area contributed by atoms with Gasteiger partial charge < -0.3 is 9.32 Å². The van der Waals surface area contributed by atoms with Crippen molar-refractivity contribution in [3.63, 3.8) is 0 Å². The maximum atomic E-state index is 13.6. The van der Waals surface area contributed by atoms with E-state index in [4.69, 9.17) is 4.42 Å². The fourth-order valence-corrected chi connectivity index (χ4v) is 3.96. The van der Waals surface area contributed by atoms with Crippen molar-refractivity contribution >= 4 is 15.7 Å². The first-order valence-corrected chi connectivity index (χ1v) is 8.46. The molecule has 0 spiro atoms. The Hall–Kier alpha value is -2.15. The molecule has 2 aromatic rings. The maximum absolute atomic E-state index is 13.6. The SMILES string of the molecule is O=C(c1ccccc1F)N1CC(S(=O)(=O)Cc2ccco2)C1. The van der Waals surface area contributed by atoms with Gasteiger partial charge in [-0.05, 0) is 24.3 Å². The minimum absolute atomic E-state index is 0.0376. The second kappa shape index (κ2) is 5.57. The number of carbonyl (C=O) groups is 1. The summed E-state index contributed by atoms with van der Waals surface area (Å²) in [5.41, 5.74) is -0.0376. The smallest absolute Gasteiger partial charge is 0.256 e. The van der Waals surface area contributed by atoms with Crippen LogP contribution in [-0.4, -0.2) is 37.6 Å². The second-order valence-corrected chi connectivity index (χ2v) is 7.48. The first-order valence-electron chi connectivity index (χ1n) is 6.75. The van der Waals surface area contributed by atoms with Crippen LogP contribution in [0.15, 0.2) is 47.1 Å². The number of carbonyl (C=O) groups excluding carboxylic acids is 1. The van der Waals surface area contributed by atoms with E-state index in [2.05, 4.69) is 0 Å². The Kier molecular flexibility index (Phi) is 3.74. The van der Waals surface area contributed by atoms with Crippen LogP contribution in [0.4, 0.5) is 4.39 Å². The first kappa shape index (κ1) is 14.8. The van der Waals surface area contributed by atoms with Crippen LogP contribution in [0.1, 0.15) is 16.1 Å². The lowest BCUT2D eigenvalue weighted by Crippen LogP contribution is -2.57. The Bertz CT molecular complexity index is 780. The highest BCUT2D eigenvalue weighted by atomic mass is 32.2. The van der Waals surface area contributed by atoms with Crippen molar-refractivity contribution in [2.24, 2.45) is 0 Å². The number of hydrogen-bond donors (Lipinski definition) is 0. The Morgan fingerprint density at radius 2 is 1.95 bits per heavy atom. The second-order valence-electron chi connectivity index (χ2n) is 5.20. The summed E-state index contributed by atoms with van der Waals surface area (Å²) in [6, 6.07) is 8.89. The van der Waals surface area contributed by atoms with E-state index in [9.17, 15) is 17.6 Å². The van der Waals surface area contributed by atoms with Gasteiger partial charge in [0.15, 0.2) is 9.84 Å². The van der Waals surface area contributed by atoms with Crippen molar-refractivity contribution in [3.05, 3.63) is 59.8 Å². The molecule has 1 aromatic heterocycles. The summed E-state index contributed by atoms with van der Waals surface area (Å²) in [5, 5.41) is -0.631. The zero-order valence-corrected chi connectivity index (χ0v) is 12.4. The van der Waals surface area contributed by atoms with Crippen LogP contribution in [0.25, 0.3) is 0 Å². The normalized spacial score (nSPS) is 15.6. The largest absolute Gasteiger partial charge is 0.468 e. The van der Waals surface area contributed by atoms with Gasteiger partial charge in [-0.3, -0.25) is 4.79 Å². The molecule has 1 aromatic carbocycles. The fraction of sp³-hybridized carbons (Fsp3) is 0.267. The van der Waals surface area contributed by atoms with Crippen LogP contribution >= 0.6 is 0 Å². The number of halogens is 1. The number of hydrogen-bond acceptors (Lipinski definition) is 4. The van der Waals surface area contributed by atoms with Crippen molar-refractivity contribution < 1.29 is 22.0 Å². The number of sulfone groups is 1. The van der Waals surface area contributed by atoms with Crippen LogP contribution in [0.2, 0.25) is 0 Å². The molecule has 3 rings (SSSR count). The third kappa shape index (κ3) is 2.76. The fourth-order valence-electron chi connectivity index (χ4n) is 2.35. The summed E-state index contributed by atoms with van der Waals surface area (Å²) in [7, 11) is -3.39. The number of nitrogens with zero attached hydrogens (tertiary/aromatic N) is 1. The van der Waals surface area contributed by atoms with E-state index in [1.807, 2.05) is 0 Å². The third-order valence-electron chi connectivity index (χ3n) is 3.67. The minimum atomic E-state index is -3.39. The molecular formula is C15H14FNO4S. The van der Waals surface area contributed by atoms with Crippen LogP contribution < -0.4 is 0 Å². The Morgan fingerprint density at radius 1 is 1.23 bits per heavy atom. The molecule has 7 heteroatoms. The van der Waals surface area contributed by atoms with Gasteiger partial charge in [-0.15, -0.1) is 0 Å². The highest BCUT2D eigenvalue weighted by Gasteiger charge is 2.40. The summed E-state index contributed by atoms with van der Waals surface area (Å²) in [6.07, 6.45) is 1.42. The molecule has 1 fully saturated rings. The molecule has 0 bridgehead atoms. The molecule has 5 nitrogen and oxygen atoms in total. The van der Waals surface area contributed by atoms with Crippen LogP contribution in [-0.2, 0) is 15.6 Å². The monoisotopic (exact) mass is 323 g/mol. The summed E-state index contributed by atoms with van der Waals surface area (Å²) in [5.74, 6) is -0.900. The Balaban J connectivity index is 1.64. The van der Waals surface area contributed by atoms with Crippen molar-refractivity contribution in [1.29, 1.82) is 0 Å². The standard InChI is InChI=1S/C15H14FNO4S/c16-14-6-2-1-5-13(14)15(18)17-8-12(9-17)22(19,20)10-11-4-3-7-21-11/h1-7,12H,8-10H2. The average Bonchev–Trinajstić information content (AvgIpc) is 2.89. The summed E-state index contributed by atoms with van der Waals surface area (Å²) in [6.45, 7) is 0.159. The quantitative estimate of drug-likeness (QED) is 0.861. The van der Waals surface area contributed by atoms with E-state index in [-0.39, 0.29) is 24.4 Å². The van der Waals surface area contributed by atoms with Crippen molar-refractivity contribution in [2.75, 3.05) is 13.1 Å². The molecule has 1 saturated heterocycles. The van der Waals surface area contributed by atoms with Crippen LogP contribution in [0.5, 0.6) is 0 Å². The molecule has 116 valence electrons. The van der Waals surface area contributed by atoms with Gasteiger partial charge in [0.05, 0.1) is 17.1 Å². The number of likely N-dealkylation sites (tertiary alicyclic amines) is 1. The van der Waals surface area contributed by atoms with Crippen molar-refractivity contribution in [1.82, 2.24) is 4.90 Å². The molecule has 0 saturated carbocycles. The van der Waals surface area contributed by atoms with Crippen molar-refractivity contribution in [3.8, 4) is 0 Å². The molecule has 0 unspecified atom stereocenters. The topological polar surface area (TPSA) is 67.6 Å². The van der Waals surface area contributed by atoms with Gasteiger partial charge in [0, 0.05) is 13.1 Å². The summed E-state index contributed by atoms with van der Waals surface area (Å²) >= 11 is 0. The predicted octanol–water partition coefficient (Wildman–Crippen LogP) is 1.86. The molecule has 0 aliphatic carbocycles. The molecule has 1 aliphatic heterocycles. The van der Waals surface area contributed by atoms with E-state index < -0.39 is 26.8 Å². The van der Waals surface area contributed by atoms with E-state index in [0.717, 1.165) is 0 Å². The van der Waals surface area contributed by atoms with E-state index in [1.54, 1.807) is 18.2 Å². The summed E-state index contributed by atoms with van der Waals surface area (Å²) in [4.78, 5) is 13.4. The molecular weight excluding hydrogens is 309 g/mol. The highest BCUT2D eigenvalue weighted by Crippen LogP contribution is 2.23. The van der Waals surface area contributed by atoms with Crippen LogP contribution in [0.3, 0.4) is 0 Å². The zero-order chi connectivity index (χ0) is 15.7. The minimum Gasteiger partial charge on any atom is -0.468 e. The van der Waals surface area contributed by atoms with Crippen molar-refractivity contribution in [2.45, 2.75) is 11.0 Å². The third-order valence-corrected chi connectivity index (χ3v) is 5.67. The lowest BCUT2D eigenvalue weighted by molar-refractivity contribution is 0.0654. The molecule has 2 heterocycles. The van der Waals surface area contributed by atoms with Gasteiger partial charge in [0.2, 0.25) is 0 Å². The number of rotatable bonds is 4.